The van der Waals surface area contributed by atoms with E-state index in [0.717, 1.165) is 0 Å². The SMILES string of the molecule is COc1cc(S(=O)(=O)N2CCN(C(c3ccccc3)c3ccccc3)CC2)c(OC)cc1Br. The number of rotatable bonds is 7. The van der Waals surface area contributed by atoms with Gasteiger partial charge in [0.15, 0.2) is 0 Å². The molecule has 0 spiro atoms. The molecule has 0 aliphatic carbocycles. The quantitative estimate of drug-likeness (QED) is 0.448. The number of piperazine rings is 1. The summed E-state index contributed by atoms with van der Waals surface area (Å²) < 4.78 is 39.9. The van der Waals surface area contributed by atoms with Crippen LogP contribution >= 0.6 is 15.9 Å². The highest BCUT2D eigenvalue weighted by Crippen LogP contribution is 2.37. The average Bonchev–Trinajstić information content (AvgIpc) is 2.85. The molecule has 0 unspecified atom stereocenters. The summed E-state index contributed by atoms with van der Waals surface area (Å²) in [6.07, 6.45) is 0. The molecule has 1 aliphatic heterocycles. The van der Waals surface area contributed by atoms with Gasteiger partial charge in [-0.05, 0) is 33.1 Å². The van der Waals surface area contributed by atoms with Crippen LogP contribution in [-0.2, 0) is 10.0 Å². The van der Waals surface area contributed by atoms with E-state index in [1.165, 1.54) is 35.7 Å². The summed E-state index contributed by atoms with van der Waals surface area (Å²) in [4.78, 5) is 2.46. The number of sulfonamides is 1. The third-order valence-corrected chi connectivity index (χ3v) is 8.46. The molecular formula is C25H27BrN2O4S. The number of hydrogen-bond donors (Lipinski definition) is 0. The first kappa shape index (κ1) is 23.8. The Morgan fingerprint density at radius 2 is 1.30 bits per heavy atom. The molecule has 1 heterocycles. The van der Waals surface area contributed by atoms with Crippen molar-refractivity contribution in [3.63, 3.8) is 0 Å². The number of ether oxygens (including phenoxy) is 2. The van der Waals surface area contributed by atoms with E-state index in [2.05, 4.69) is 45.1 Å². The molecule has 0 atom stereocenters. The molecule has 1 fully saturated rings. The Balaban J connectivity index is 1.59. The zero-order chi connectivity index (χ0) is 23.4. The van der Waals surface area contributed by atoms with Crippen molar-refractivity contribution in [2.24, 2.45) is 0 Å². The predicted molar refractivity (Wildman–Crippen MR) is 132 cm³/mol. The van der Waals surface area contributed by atoms with Gasteiger partial charge in [0.25, 0.3) is 0 Å². The van der Waals surface area contributed by atoms with Crippen LogP contribution in [0, 0.1) is 0 Å². The normalized spacial score (nSPS) is 15.5. The molecule has 0 N–H and O–H groups in total. The smallest absolute Gasteiger partial charge is 0.246 e. The second-order valence-electron chi connectivity index (χ2n) is 7.80. The highest BCUT2D eigenvalue weighted by Gasteiger charge is 2.34. The molecule has 174 valence electrons. The van der Waals surface area contributed by atoms with Crippen LogP contribution in [0.4, 0.5) is 0 Å². The maximum atomic E-state index is 13.5. The van der Waals surface area contributed by atoms with Gasteiger partial charge in [-0.2, -0.15) is 4.31 Å². The van der Waals surface area contributed by atoms with E-state index in [4.69, 9.17) is 9.47 Å². The predicted octanol–water partition coefficient (Wildman–Crippen LogP) is 4.56. The molecule has 0 amide bonds. The number of nitrogens with zero attached hydrogens (tertiary/aromatic N) is 2. The van der Waals surface area contributed by atoms with E-state index in [-0.39, 0.29) is 16.7 Å². The number of halogens is 1. The monoisotopic (exact) mass is 530 g/mol. The number of methoxy groups -OCH3 is 2. The maximum Gasteiger partial charge on any atom is 0.246 e. The van der Waals surface area contributed by atoms with Crippen LogP contribution in [-0.4, -0.2) is 58.0 Å². The Labute approximate surface area is 203 Å². The first-order valence-electron chi connectivity index (χ1n) is 10.7. The van der Waals surface area contributed by atoms with Gasteiger partial charge < -0.3 is 9.47 Å². The maximum absolute atomic E-state index is 13.5. The highest BCUT2D eigenvalue weighted by molar-refractivity contribution is 9.10. The van der Waals surface area contributed by atoms with Gasteiger partial charge in [0.05, 0.1) is 24.7 Å². The average molecular weight is 531 g/mol. The van der Waals surface area contributed by atoms with Crippen molar-refractivity contribution in [2.45, 2.75) is 10.9 Å². The van der Waals surface area contributed by atoms with Crippen LogP contribution in [0.1, 0.15) is 17.2 Å². The van der Waals surface area contributed by atoms with Gasteiger partial charge in [0.1, 0.15) is 16.4 Å². The Morgan fingerprint density at radius 3 is 1.79 bits per heavy atom. The van der Waals surface area contributed by atoms with Crippen LogP contribution in [0.3, 0.4) is 0 Å². The highest BCUT2D eigenvalue weighted by atomic mass is 79.9. The van der Waals surface area contributed by atoms with Gasteiger partial charge in [0.2, 0.25) is 10.0 Å². The molecule has 0 radical (unpaired) electrons. The minimum atomic E-state index is -3.75. The largest absolute Gasteiger partial charge is 0.496 e. The van der Waals surface area contributed by atoms with Gasteiger partial charge in [-0.1, -0.05) is 60.7 Å². The molecule has 33 heavy (non-hydrogen) atoms. The second kappa shape index (κ2) is 10.3. The second-order valence-corrected chi connectivity index (χ2v) is 10.6. The Morgan fingerprint density at radius 1 is 0.788 bits per heavy atom. The molecule has 4 rings (SSSR count). The minimum absolute atomic E-state index is 0.0690. The molecule has 1 aliphatic rings. The zero-order valence-electron chi connectivity index (χ0n) is 18.6. The molecule has 0 bridgehead atoms. The summed E-state index contributed by atoms with van der Waals surface area (Å²) in [6, 6.07) is 23.9. The fraction of sp³-hybridized carbons (Fsp3) is 0.280. The number of benzene rings is 3. The van der Waals surface area contributed by atoms with Crippen LogP contribution in [0.15, 0.2) is 82.2 Å². The van der Waals surface area contributed by atoms with Crippen LogP contribution in [0.5, 0.6) is 11.5 Å². The van der Waals surface area contributed by atoms with Crippen molar-refractivity contribution in [3.05, 3.63) is 88.4 Å². The van der Waals surface area contributed by atoms with E-state index in [0.29, 0.717) is 36.4 Å². The van der Waals surface area contributed by atoms with Gasteiger partial charge in [-0.15, -0.1) is 0 Å². The van der Waals surface area contributed by atoms with Gasteiger partial charge in [0, 0.05) is 32.2 Å². The molecule has 1 saturated heterocycles. The lowest BCUT2D eigenvalue weighted by Gasteiger charge is -2.39. The molecule has 0 aromatic heterocycles. The fourth-order valence-electron chi connectivity index (χ4n) is 4.26. The molecule has 6 nitrogen and oxygen atoms in total. The van der Waals surface area contributed by atoms with Crippen molar-refractivity contribution < 1.29 is 17.9 Å². The molecule has 8 heteroatoms. The zero-order valence-corrected chi connectivity index (χ0v) is 21.1. The van der Waals surface area contributed by atoms with Gasteiger partial charge >= 0.3 is 0 Å². The van der Waals surface area contributed by atoms with Gasteiger partial charge in [-0.3, -0.25) is 4.90 Å². The molecule has 3 aromatic carbocycles. The standard InChI is InChI=1S/C25H27BrN2O4S/c1-31-22-18-24(23(32-2)17-21(22)26)33(29,30)28-15-13-27(14-16-28)25(19-9-5-3-6-10-19)20-11-7-4-8-12-20/h3-12,17-18,25H,13-16H2,1-2H3. The summed E-state index contributed by atoms with van der Waals surface area (Å²) in [6.45, 7) is 2.01. The molecular weight excluding hydrogens is 504 g/mol. The molecule has 3 aromatic rings. The van der Waals surface area contributed by atoms with Gasteiger partial charge in [-0.25, -0.2) is 8.42 Å². The first-order chi connectivity index (χ1) is 16.0. The van der Waals surface area contributed by atoms with E-state index in [1.54, 1.807) is 6.07 Å². The van der Waals surface area contributed by atoms with Crippen molar-refractivity contribution in [2.75, 3.05) is 40.4 Å². The topological polar surface area (TPSA) is 59.1 Å². The van der Waals surface area contributed by atoms with Crippen molar-refractivity contribution >= 4 is 26.0 Å². The summed E-state index contributed by atoms with van der Waals surface area (Å²) in [5, 5.41) is 0. The van der Waals surface area contributed by atoms with E-state index >= 15 is 0 Å². The van der Waals surface area contributed by atoms with E-state index in [9.17, 15) is 8.42 Å². The summed E-state index contributed by atoms with van der Waals surface area (Å²) >= 11 is 3.39. The Hall–Kier alpha value is -2.39. The van der Waals surface area contributed by atoms with Crippen LogP contribution in [0.2, 0.25) is 0 Å². The first-order valence-corrected chi connectivity index (χ1v) is 12.9. The third kappa shape index (κ3) is 4.94. The van der Waals surface area contributed by atoms with E-state index in [1.807, 2.05) is 36.4 Å². The molecule has 0 saturated carbocycles. The fourth-order valence-corrected chi connectivity index (χ4v) is 6.32. The minimum Gasteiger partial charge on any atom is -0.496 e. The Bertz CT molecular complexity index is 1140. The lowest BCUT2D eigenvalue weighted by Crippen LogP contribution is -2.49. The van der Waals surface area contributed by atoms with Crippen LogP contribution < -0.4 is 9.47 Å². The third-order valence-electron chi connectivity index (χ3n) is 5.92. The van der Waals surface area contributed by atoms with Crippen molar-refractivity contribution in [1.82, 2.24) is 9.21 Å². The van der Waals surface area contributed by atoms with Crippen molar-refractivity contribution in [1.29, 1.82) is 0 Å². The lowest BCUT2D eigenvalue weighted by atomic mass is 9.96. The van der Waals surface area contributed by atoms with Crippen LogP contribution in [0.25, 0.3) is 0 Å². The summed E-state index contributed by atoms with van der Waals surface area (Å²) in [5.41, 5.74) is 2.39. The Kier molecular flexibility index (Phi) is 7.38. The summed E-state index contributed by atoms with van der Waals surface area (Å²) in [5.74, 6) is 0.734. The lowest BCUT2D eigenvalue weighted by molar-refractivity contribution is 0.155. The summed E-state index contributed by atoms with van der Waals surface area (Å²) in [7, 11) is -0.775. The van der Waals surface area contributed by atoms with E-state index < -0.39 is 10.0 Å². The van der Waals surface area contributed by atoms with Crippen molar-refractivity contribution in [3.8, 4) is 11.5 Å². The number of hydrogen-bond acceptors (Lipinski definition) is 5.